The summed E-state index contributed by atoms with van der Waals surface area (Å²) in [6, 6.07) is 5.84. The number of benzene rings is 1. The largest absolute Gasteiger partial charge is 0.466 e. The smallest absolute Gasteiger partial charge is 0.310 e. The van der Waals surface area contributed by atoms with Gasteiger partial charge in [-0.15, -0.1) is 0 Å². The normalized spacial score (nSPS) is 19.4. The average Bonchev–Trinajstić information content (AvgIpc) is 3.58. The fourth-order valence-corrected chi connectivity index (χ4v) is 5.58. The number of nitrogens with zero attached hydrogens (tertiary/aromatic N) is 3. The molecular formula is C29H39N3O6. The molecule has 0 aliphatic carbocycles. The van der Waals surface area contributed by atoms with Crippen molar-refractivity contribution in [3.63, 3.8) is 0 Å². The van der Waals surface area contributed by atoms with Gasteiger partial charge in [0.25, 0.3) is 5.91 Å². The third-order valence-electron chi connectivity index (χ3n) is 7.38. The van der Waals surface area contributed by atoms with Gasteiger partial charge in [0.15, 0.2) is 11.5 Å². The predicted octanol–water partition coefficient (Wildman–Crippen LogP) is 4.08. The molecule has 2 fully saturated rings. The molecular weight excluding hydrogens is 486 g/mol. The maximum absolute atomic E-state index is 13.6. The van der Waals surface area contributed by atoms with Crippen LogP contribution in [0.25, 0.3) is 11.3 Å². The van der Waals surface area contributed by atoms with Crippen LogP contribution in [0.5, 0.6) is 0 Å². The van der Waals surface area contributed by atoms with E-state index >= 15 is 0 Å². The highest BCUT2D eigenvalue weighted by atomic mass is 16.5. The van der Waals surface area contributed by atoms with Crippen molar-refractivity contribution in [2.24, 2.45) is 5.92 Å². The van der Waals surface area contributed by atoms with Crippen LogP contribution in [0.4, 0.5) is 0 Å². The number of carbonyl (C=O) groups is 3. The summed E-state index contributed by atoms with van der Waals surface area (Å²) in [7, 11) is 0. The Morgan fingerprint density at radius 3 is 2.55 bits per heavy atom. The molecule has 2 aromatic rings. The second kappa shape index (κ2) is 12.6. The number of esters is 1. The zero-order chi connectivity index (χ0) is 27.2. The van der Waals surface area contributed by atoms with Crippen molar-refractivity contribution in [3.05, 3.63) is 40.6 Å². The van der Waals surface area contributed by atoms with Gasteiger partial charge >= 0.3 is 5.97 Å². The van der Waals surface area contributed by atoms with Gasteiger partial charge in [0.2, 0.25) is 5.91 Å². The number of hydrogen-bond acceptors (Lipinski definition) is 7. The maximum Gasteiger partial charge on any atom is 0.310 e. The molecule has 1 aromatic heterocycles. The molecule has 2 amide bonds. The van der Waals surface area contributed by atoms with Crippen LogP contribution in [0.1, 0.15) is 66.2 Å². The molecule has 0 radical (unpaired) electrons. The Morgan fingerprint density at radius 1 is 1.11 bits per heavy atom. The van der Waals surface area contributed by atoms with Crippen molar-refractivity contribution in [2.45, 2.75) is 65.9 Å². The van der Waals surface area contributed by atoms with Crippen molar-refractivity contribution in [1.82, 2.24) is 15.0 Å². The van der Waals surface area contributed by atoms with Crippen LogP contribution in [-0.2, 0) is 19.1 Å². The molecule has 0 bridgehead atoms. The van der Waals surface area contributed by atoms with E-state index in [0.717, 1.165) is 47.9 Å². The van der Waals surface area contributed by atoms with E-state index in [2.05, 4.69) is 17.3 Å². The summed E-state index contributed by atoms with van der Waals surface area (Å²) in [6.45, 7) is 10.5. The molecule has 1 aromatic carbocycles. The standard InChI is InChI=1S/C29H39N3O6/c1-5-36-29(35)22-8-6-11-31(17-22)26(33)10-12-32(18-23-9-7-13-37-23)28(34)24-16-25(38-30-24)27-20(3)14-19(2)15-21(27)4/h14-16,22-23H,5-13,17-18H2,1-4H3/t22-,23-/m1/s1. The number of piperidine rings is 1. The first kappa shape index (κ1) is 27.8. The molecule has 206 valence electrons. The topological polar surface area (TPSA) is 102 Å². The molecule has 4 rings (SSSR count). The molecule has 38 heavy (non-hydrogen) atoms. The number of aryl methyl sites for hydroxylation is 3. The van der Waals surface area contributed by atoms with Gasteiger partial charge in [-0.2, -0.15) is 0 Å². The number of amides is 2. The SMILES string of the molecule is CCOC(=O)[C@@H]1CCCN(C(=O)CCN(C[C@H]2CCCO2)C(=O)c2cc(-c3c(C)cc(C)cc3C)on2)C1. The number of rotatable bonds is 9. The van der Waals surface area contributed by atoms with Gasteiger partial charge in [0, 0.05) is 50.8 Å². The Hall–Kier alpha value is -3.20. The van der Waals surface area contributed by atoms with Gasteiger partial charge < -0.3 is 23.8 Å². The quantitative estimate of drug-likeness (QED) is 0.455. The Labute approximate surface area is 224 Å². The Bertz CT molecular complexity index is 1130. The minimum absolute atomic E-state index is 0.0646. The molecule has 2 aliphatic rings. The highest BCUT2D eigenvalue weighted by Crippen LogP contribution is 2.29. The van der Waals surface area contributed by atoms with E-state index in [9.17, 15) is 14.4 Å². The molecule has 2 atom stereocenters. The zero-order valence-corrected chi connectivity index (χ0v) is 23.0. The van der Waals surface area contributed by atoms with Gasteiger partial charge in [-0.1, -0.05) is 22.9 Å². The molecule has 0 saturated carbocycles. The van der Waals surface area contributed by atoms with Crippen molar-refractivity contribution < 1.29 is 28.4 Å². The van der Waals surface area contributed by atoms with Gasteiger partial charge in [0.05, 0.1) is 18.6 Å². The van der Waals surface area contributed by atoms with E-state index in [1.807, 2.05) is 20.8 Å². The van der Waals surface area contributed by atoms with Crippen molar-refractivity contribution in [3.8, 4) is 11.3 Å². The minimum Gasteiger partial charge on any atom is -0.466 e. The molecule has 0 unspecified atom stereocenters. The maximum atomic E-state index is 13.6. The average molecular weight is 526 g/mol. The first-order valence-corrected chi connectivity index (χ1v) is 13.7. The van der Waals surface area contributed by atoms with Crippen molar-refractivity contribution in [2.75, 3.05) is 39.4 Å². The predicted molar refractivity (Wildman–Crippen MR) is 142 cm³/mol. The van der Waals surface area contributed by atoms with E-state index in [1.54, 1.807) is 22.8 Å². The first-order valence-electron chi connectivity index (χ1n) is 13.7. The van der Waals surface area contributed by atoms with Gasteiger partial charge in [0.1, 0.15) is 0 Å². The van der Waals surface area contributed by atoms with Gasteiger partial charge in [-0.3, -0.25) is 14.4 Å². The Balaban J connectivity index is 1.45. The summed E-state index contributed by atoms with van der Waals surface area (Å²) in [5.41, 5.74) is 4.42. The second-order valence-electron chi connectivity index (χ2n) is 10.4. The molecule has 3 heterocycles. The lowest BCUT2D eigenvalue weighted by atomic mass is 9.98. The van der Waals surface area contributed by atoms with Crippen molar-refractivity contribution in [1.29, 1.82) is 0 Å². The molecule has 9 heteroatoms. The fourth-order valence-electron chi connectivity index (χ4n) is 5.58. The van der Waals surface area contributed by atoms with E-state index in [-0.39, 0.29) is 48.5 Å². The lowest BCUT2D eigenvalue weighted by Crippen LogP contribution is -2.45. The minimum atomic E-state index is -0.292. The van der Waals surface area contributed by atoms with Crippen molar-refractivity contribution >= 4 is 17.8 Å². The highest BCUT2D eigenvalue weighted by molar-refractivity contribution is 5.93. The summed E-state index contributed by atoms with van der Waals surface area (Å²) < 4.78 is 16.6. The lowest BCUT2D eigenvalue weighted by Gasteiger charge is -2.32. The van der Waals surface area contributed by atoms with Gasteiger partial charge in [-0.25, -0.2) is 0 Å². The number of ether oxygens (including phenoxy) is 2. The molecule has 0 spiro atoms. The summed E-state index contributed by atoms with van der Waals surface area (Å²) in [5, 5.41) is 4.10. The Morgan fingerprint density at radius 2 is 1.87 bits per heavy atom. The number of hydrogen-bond donors (Lipinski definition) is 0. The fraction of sp³-hybridized carbons (Fsp3) is 0.586. The highest BCUT2D eigenvalue weighted by Gasteiger charge is 2.31. The number of likely N-dealkylation sites (tertiary alicyclic amines) is 1. The van der Waals surface area contributed by atoms with Crippen LogP contribution in [0.2, 0.25) is 0 Å². The Kier molecular flexibility index (Phi) is 9.20. The molecule has 9 nitrogen and oxygen atoms in total. The van der Waals surface area contributed by atoms with E-state index in [0.29, 0.717) is 38.6 Å². The van der Waals surface area contributed by atoms with Crippen LogP contribution in [-0.4, -0.2) is 78.2 Å². The van der Waals surface area contributed by atoms with Crippen LogP contribution in [0, 0.1) is 26.7 Å². The van der Waals surface area contributed by atoms with E-state index in [4.69, 9.17) is 14.0 Å². The lowest BCUT2D eigenvalue weighted by molar-refractivity contribution is -0.151. The third kappa shape index (κ3) is 6.62. The summed E-state index contributed by atoms with van der Waals surface area (Å²) >= 11 is 0. The first-order chi connectivity index (χ1) is 18.3. The molecule has 0 N–H and O–H groups in total. The third-order valence-corrected chi connectivity index (χ3v) is 7.38. The van der Waals surface area contributed by atoms with E-state index in [1.165, 1.54) is 0 Å². The monoisotopic (exact) mass is 525 g/mol. The number of carbonyl (C=O) groups excluding carboxylic acids is 3. The molecule has 2 aliphatic heterocycles. The van der Waals surface area contributed by atoms with E-state index < -0.39 is 0 Å². The van der Waals surface area contributed by atoms with Crippen LogP contribution in [0.15, 0.2) is 22.7 Å². The molecule has 2 saturated heterocycles. The number of aromatic nitrogens is 1. The van der Waals surface area contributed by atoms with Crippen LogP contribution < -0.4 is 0 Å². The zero-order valence-electron chi connectivity index (χ0n) is 23.0. The van der Waals surface area contributed by atoms with Gasteiger partial charge in [-0.05, 0) is 64.5 Å². The second-order valence-corrected chi connectivity index (χ2v) is 10.4. The summed E-state index contributed by atoms with van der Waals surface area (Å²) in [5.74, 6) is -0.347. The summed E-state index contributed by atoms with van der Waals surface area (Å²) in [6.07, 6.45) is 3.40. The van der Waals surface area contributed by atoms with Crippen LogP contribution >= 0.6 is 0 Å². The summed E-state index contributed by atoms with van der Waals surface area (Å²) in [4.78, 5) is 42.2. The van der Waals surface area contributed by atoms with Crippen LogP contribution in [0.3, 0.4) is 0 Å².